The van der Waals surface area contributed by atoms with E-state index in [0.717, 1.165) is 5.69 Å². The van der Waals surface area contributed by atoms with Crippen LogP contribution in [-0.4, -0.2) is 28.1 Å². The number of aromatic nitrogens is 2. The van der Waals surface area contributed by atoms with Gasteiger partial charge in [0.05, 0.1) is 6.54 Å². The van der Waals surface area contributed by atoms with Crippen molar-refractivity contribution in [1.29, 1.82) is 0 Å². The van der Waals surface area contributed by atoms with E-state index in [4.69, 9.17) is 4.52 Å². The molecule has 0 saturated carbocycles. The van der Waals surface area contributed by atoms with Gasteiger partial charge in [-0.2, -0.15) is 0 Å². The summed E-state index contributed by atoms with van der Waals surface area (Å²) in [5.74, 6) is 0.223. The molecular weight excluding hydrogens is 308 g/mol. The van der Waals surface area contributed by atoms with Crippen LogP contribution in [0.25, 0.3) is 5.69 Å². The first kappa shape index (κ1) is 15.5. The topological polar surface area (TPSA) is 89.2 Å². The van der Waals surface area contributed by atoms with Gasteiger partial charge < -0.3 is 19.7 Å². The standard InChI is InChI=1S/C17H16N4O3/c1-12-10-15(20-24-12)19-16(22)11-18-17(23)13-4-6-14(7-5-13)21-8-2-3-9-21/h2-10H,11H2,1H3,(H,18,23)(H,19,20,22). The molecule has 0 saturated heterocycles. The summed E-state index contributed by atoms with van der Waals surface area (Å²) in [5, 5.41) is 8.75. The van der Waals surface area contributed by atoms with E-state index in [-0.39, 0.29) is 18.4 Å². The van der Waals surface area contributed by atoms with Crippen molar-refractivity contribution in [2.45, 2.75) is 6.92 Å². The molecule has 7 heteroatoms. The van der Waals surface area contributed by atoms with Crippen LogP contribution in [0.4, 0.5) is 5.82 Å². The lowest BCUT2D eigenvalue weighted by atomic mass is 10.2. The molecule has 0 aliphatic heterocycles. The summed E-state index contributed by atoms with van der Waals surface area (Å²) < 4.78 is 6.79. The van der Waals surface area contributed by atoms with Crippen LogP contribution in [0, 0.1) is 6.92 Å². The van der Waals surface area contributed by atoms with Gasteiger partial charge in [-0.1, -0.05) is 5.16 Å². The molecule has 0 atom stereocenters. The molecule has 0 bridgehead atoms. The summed E-state index contributed by atoms with van der Waals surface area (Å²) in [4.78, 5) is 23.8. The first-order chi connectivity index (χ1) is 11.6. The van der Waals surface area contributed by atoms with Crippen LogP contribution in [0.5, 0.6) is 0 Å². The number of anilines is 1. The molecule has 2 heterocycles. The van der Waals surface area contributed by atoms with Crippen molar-refractivity contribution in [3.8, 4) is 5.69 Å². The third-order valence-corrected chi connectivity index (χ3v) is 3.34. The van der Waals surface area contributed by atoms with Crippen LogP contribution >= 0.6 is 0 Å². The van der Waals surface area contributed by atoms with Crippen molar-refractivity contribution in [2.24, 2.45) is 0 Å². The summed E-state index contributed by atoms with van der Waals surface area (Å²) in [6.07, 6.45) is 3.84. The molecule has 2 aromatic heterocycles. The Kier molecular flexibility index (Phi) is 4.42. The van der Waals surface area contributed by atoms with Crippen LogP contribution in [0.1, 0.15) is 16.1 Å². The average molecular weight is 324 g/mol. The lowest BCUT2D eigenvalue weighted by Crippen LogP contribution is -2.32. The van der Waals surface area contributed by atoms with Gasteiger partial charge in [-0.05, 0) is 43.3 Å². The van der Waals surface area contributed by atoms with Crippen LogP contribution in [0.2, 0.25) is 0 Å². The molecular formula is C17H16N4O3. The predicted octanol–water partition coefficient (Wildman–Crippen LogP) is 2.14. The third kappa shape index (κ3) is 3.70. The molecule has 7 nitrogen and oxygen atoms in total. The molecule has 2 amide bonds. The third-order valence-electron chi connectivity index (χ3n) is 3.34. The highest BCUT2D eigenvalue weighted by atomic mass is 16.5. The quantitative estimate of drug-likeness (QED) is 0.752. The number of benzene rings is 1. The molecule has 0 aliphatic carbocycles. The minimum absolute atomic E-state index is 0.149. The largest absolute Gasteiger partial charge is 0.360 e. The maximum atomic E-state index is 12.1. The van der Waals surface area contributed by atoms with Crippen molar-refractivity contribution < 1.29 is 14.1 Å². The van der Waals surface area contributed by atoms with Gasteiger partial charge in [-0.3, -0.25) is 9.59 Å². The number of carbonyl (C=O) groups is 2. The number of nitrogens with one attached hydrogen (secondary N) is 2. The average Bonchev–Trinajstić information content (AvgIpc) is 3.25. The van der Waals surface area contributed by atoms with Gasteiger partial charge in [0.25, 0.3) is 5.91 Å². The summed E-state index contributed by atoms with van der Waals surface area (Å²) >= 11 is 0. The highest BCUT2D eigenvalue weighted by Gasteiger charge is 2.10. The van der Waals surface area contributed by atoms with Crippen molar-refractivity contribution in [3.05, 3.63) is 66.2 Å². The first-order valence-corrected chi connectivity index (χ1v) is 7.36. The van der Waals surface area contributed by atoms with Crippen molar-refractivity contribution in [1.82, 2.24) is 15.0 Å². The summed E-state index contributed by atoms with van der Waals surface area (Å²) in [5.41, 5.74) is 1.44. The van der Waals surface area contributed by atoms with E-state index in [1.807, 2.05) is 41.2 Å². The molecule has 3 aromatic rings. The van der Waals surface area contributed by atoms with Gasteiger partial charge in [0.15, 0.2) is 5.82 Å². The molecule has 0 aliphatic rings. The Morgan fingerprint density at radius 1 is 1.17 bits per heavy atom. The van der Waals surface area contributed by atoms with Gasteiger partial charge in [-0.25, -0.2) is 0 Å². The zero-order chi connectivity index (χ0) is 16.9. The molecule has 2 N–H and O–H groups in total. The van der Waals surface area contributed by atoms with Crippen LogP contribution in [0.3, 0.4) is 0 Å². The second-order valence-electron chi connectivity index (χ2n) is 5.19. The van der Waals surface area contributed by atoms with E-state index in [0.29, 0.717) is 17.1 Å². The van der Waals surface area contributed by atoms with E-state index in [1.54, 1.807) is 25.1 Å². The highest BCUT2D eigenvalue weighted by Crippen LogP contribution is 2.10. The molecule has 0 spiro atoms. The zero-order valence-corrected chi connectivity index (χ0v) is 13.0. The molecule has 0 radical (unpaired) electrons. The van der Waals surface area contributed by atoms with Gasteiger partial charge in [0, 0.05) is 29.7 Å². The van der Waals surface area contributed by atoms with Gasteiger partial charge in [-0.15, -0.1) is 0 Å². The molecule has 122 valence electrons. The van der Waals surface area contributed by atoms with E-state index in [9.17, 15) is 9.59 Å². The molecule has 1 aromatic carbocycles. The van der Waals surface area contributed by atoms with Gasteiger partial charge >= 0.3 is 0 Å². The van der Waals surface area contributed by atoms with Crippen molar-refractivity contribution >= 4 is 17.6 Å². The van der Waals surface area contributed by atoms with Crippen LogP contribution in [0.15, 0.2) is 59.4 Å². The Bertz CT molecular complexity index is 835. The van der Waals surface area contributed by atoms with Crippen molar-refractivity contribution in [3.63, 3.8) is 0 Å². The number of amides is 2. The summed E-state index contributed by atoms with van der Waals surface area (Å²) in [6, 6.07) is 12.6. The molecule has 0 unspecified atom stereocenters. The number of nitrogens with zero attached hydrogens (tertiary/aromatic N) is 2. The van der Waals surface area contributed by atoms with Gasteiger partial charge in [0.2, 0.25) is 5.91 Å². The summed E-state index contributed by atoms with van der Waals surface area (Å²) in [6.45, 7) is 1.58. The second-order valence-corrected chi connectivity index (χ2v) is 5.19. The minimum atomic E-state index is -0.374. The SMILES string of the molecule is Cc1cc(NC(=O)CNC(=O)c2ccc(-n3cccc3)cc2)no1. The fourth-order valence-corrected chi connectivity index (χ4v) is 2.17. The predicted molar refractivity (Wildman–Crippen MR) is 88.0 cm³/mol. The number of rotatable bonds is 5. The monoisotopic (exact) mass is 324 g/mol. The smallest absolute Gasteiger partial charge is 0.251 e. The second kappa shape index (κ2) is 6.82. The normalized spacial score (nSPS) is 10.4. The maximum absolute atomic E-state index is 12.1. The van der Waals surface area contributed by atoms with E-state index >= 15 is 0 Å². The Morgan fingerprint density at radius 2 is 1.88 bits per heavy atom. The number of hydrogen-bond donors (Lipinski definition) is 2. The van der Waals surface area contributed by atoms with Crippen molar-refractivity contribution in [2.75, 3.05) is 11.9 Å². The first-order valence-electron chi connectivity index (χ1n) is 7.36. The van der Waals surface area contributed by atoms with E-state index < -0.39 is 0 Å². The molecule has 0 fully saturated rings. The molecule has 3 rings (SSSR count). The lowest BCUT2D eigenvalue weighted by molar-refractivity contribution is -0.115. The van der Waals surface area contributed by atoms with Gasteiger partial charge in [0.1, 0.15) is 5.76 Å². The van der Waals surface area contributed by atoms with Crippen LogP contribution < -0.4 is 10.6 Å². The summed E-state index contributed by atoms with van der Waals surface area (Å²) in [7, 11) is 0. The number of aryl methyl sites for hydroxylation is 1. The zero-order valence-electron chi connectivity index (χ0n) is 13.0. The fourth-order valence-electron chi connectivity index (χ4n) is 2.17. The lowest BCUT2D eigenvalue weighted by Gasteiger charge is -2.07. The number of hydrogen-bond acceptors (Lipinski definition) is 4. The van der Waals surface area contributed by atoms with E-state index in [1.165, 1.54) is 0 Å². The Balaban J connectivity index is 1.54. The van der Waals surface area contributed by atoms with E-state index in [2.05, 4.69) is 15.8 Å². The minimum Gasteiger partial charge on any atom is -0.360 e. The fraction of sp³-hybridized carbons (Fsp3) is 0.118. The molecule has 24 heavy (non-hydrogen) atoms. The Morgan fingerprint density at radius 3 is 2.50 bits per heavy atom. The number of carbonyl (C=O) groups excluding carboxylic acids is 2. The Hall–Kier alpha value is -3.35. The maximum Gasteiger partial charge on any atom is 0.251 e. The Labute approximate surface area is 138 Å². The highest BCUT2D eigenvalue weighted by molar-refractivity contribution is 5.99. The van der Waals surface area contributed by atoms with Crippen LogP contribution in [-0.2, 0) is 4.79 Å².